The minimum absolute atomic E-state index is 0.0198. The van der Waals surface area contributed by atoms with Crippen molar-refractivity contribution in [1.82, 2.24) is 20.2 Å². The normalized spacial score (nSPS) is 21.0. The predicted octanol–water partition coefficient (Wildman–Crippen LogP) is 3.94. The molecular weight excluding hydrogens is 408 g/mol. The summed E-state index contributed by atoms with van der Waals surface area (Å²) in [6.07, 6.45) is 6.14. The third kappa shape index (κ3) is 4.63. The SMILES string of the molecule is Cc1nc(C(=O)NC[C@H]2CCC3(CCN(Cc4ccc5cccnc5c4)CC3)O2)cs1. The minimum Gasteiger partial charge on any atom is -0.370 e. The molecule has 2 saturated heterocycles. The Labute approximate surface area is 186 Å². The molecule has 1 atom stereocenters. The van der Waals surface area contributed by atoms with Crippen LogP contribution in [0.1, 0.15) is 46.7 Å². The van der Waals surface area contributed by atoms with E-state index in [0.717, 1.165) is 55.8 Å². The molecule has 6 nitrogen and oxygen atoms in total. The molecule has 1 aromatic carbocycles. The van der Waals surface area contributed by atoms with Crippen molar-refractivity contribution < 1.29 is 9.53 Å². The zero-order chi connectivity index (χ0) is 21.3. The number of pyridine rings is 1. The number of aromatic nitrogens is 2. The van der Waals surface area contributed by atoms with Crippen LogP contribution >= 0.6 is 11.3 Å². The molecule has 2 aliphatic heterocycles. The van der Waals surface area contributed by atoms with Gasteiger partial charge in [0.25, 0.3) is 5.91 Å². The molecule has 3 aromatic rings. The number of piperidine rings is 1. The fourth-order valence-electron chi connectivity index (χ4n) is 4.76. The number of rotatable bonds is 5. The summed E-state index contributed by atoms with van der Waals surface area (Å²) >= 11 is 1.50. The Bertz CT molecular complexity index is 1070. The highest BCUT2D eigenvalue weighted by molar-refractivity contribution is 7.09. The van der Waals surface area contributed by atoms with Gasteiger partial charge in [-0.05, 0) is 50.3 Å². The molecule has 1 N–H and O–H groups in total. The van der Waals surface area contributed by atoms with Gasteiger partial charge < -0.3 is 10.1 Å². The third-order valence-electron chi connectivity index (χ3n) is 6.52. The van der Waals surface area contributed by atoms with Gasteiger partial charge in [-0.2, -0.15) is 0 Å². The monoisotopic (exact) mass is 436 g/mol. The molecule has 7 heteroatoms. The van der Waals surface area contributed by atoms with Crippen LogP contribution in [-0.2, 0) is 11.3 Å². The zero-order valence-corrected chi connectivity index (χ0v) is 18.7. The van der Waals surface area contributed by atoms with Gasteiger partial charge in [0.05, 0.1) is 22.2 Å². The van der Waals surface area contributed by atoms with Crippen molar-refractivity contribution in [3.8, 4) is 0 Å². The second kappa shape index (κ2) is 8.65. The van der Waals surface area contributed by atoms with Crippen LogP contribution in [0.5, 0.6) is 0 Å². The Hall–Kier alpha value is -2.35. The van der Waals surface area contributed by atoms with Crippen molar-refractivity contribution in [1.29, 1.82) is 0 Å². The molecule has 31 heavy (non-hydrogen) atoms. The molecule has 1 spiro atoms. The topological polar surface area (TPSA) is 67.4 Å². The van der Waals surface area contributed by atoms with Crippen LogP contribution in [0, 0.1) is 6.92 Å². The minimum atomic E-state index is -0.103. The van der Waals surface area contributed by atoms with Crippen LogP contribution in [0.15, 0.2) is 41.9 Å². The number of hydrogen-bond donors (Lipinski definition) is 1. The standard InChI is InChI=1S/C24H28N4O2S/c1-17-27-22(16-31-17)23(29)26-14-20-6-7-24(30-20)8-11-28(12-9-24)15-18-4-5-19-3-2-10-25-21(19)13-18/h2-5,10,13,16,20H,6-9,11-12,14-15H2,1H3,(H,26,29)/t20-/m1/s1. The van der Waals surface area contributed by atoms with E-state index in [-0.39, 0.29) is 17.6 Å². The molecule has 162 valence electrons. The fraction of sp³-hybridized carbons (Fsp3) is 0.458. The van der Waals surface area contributed by atoms with Gasteiger partial charge in [-0.25, -0.2) is 4.98 Å². The molecule has 0 bridgehead atoms. The lowest BCUT2D eigenvalue weighted by Crippen LogP contribution is -2.44. The van der Waals surface area contributed by atoms with Gasteiger partial charge in [-0.3, -0.25) is 14.7 Å². The largest absolute Gasteiger partial charge is 0.370 e. The van der Waals surface area contributed by atoms with Crippen molar-refractivity contribution >= 4 is 28.1 Å². The second-order valence-electron chi connectivity index (χ2n) is 8.73. The highest BCUT2D eigenvalue weighted by Crippen LogP contribution is 2.39. The van der Waals surface area contributed by atoms with Crippen molar-refractivity contribution in [2.24, 2.45) is 0 Å². The summed E-state index contributed by atoms with van der Waals surface area (Å²) < 4.78 is 6.47. The third-order valence-corrected chi connectivity index (χ3v) is 7.30. The van der Waals surface area contributed by atoms with E-state index >= 15 is 0 Å². The first-order chi connectivity index (χ1) is 15.1. The molecule has 5 rings (SSSR count). The lowest BCUT2D eigenvalue weighted by Gasteiger charge is -2.39. The summed E-state index contributed by atoms with van der Waals surface area (Å²) in [6.45, 7) is 5.50. The average Bonchev–Trinajstić information content (AvgIpc) is 3.40. The van der Waals surface area contributed by atoms with E-state index in [9.17, 15) is 4.79 Å². The highest BCUT2D eigenvalue weighted by Gasteiger charge is 2.42. The van der Waals surface area contributed by atoms with Gasteiger partial charge in [0.1, 0.15) is 5.69 Å². The van der Waals surface area contributed by atoms with Gasteiger partial charge in [0.15, 0.2) is 0 Å². The number of benzene rings is 1. The lowest BCUT2D eigenvalue weighted by molar-refractivity contribution is -0.0764. The Morgan fingerprint density at radius 3 is 2.97 bits per heavy atom. The van der Waals surface area contributed by atoms with Gasteiger partial charge in [-0.15, -0.1) is 11.3 Å². The summed E-state index contributed by atoms with van der Waals surface area (Å²) in [4.78, 5) is 23.5. The summed E-state index contributed by atoms with van der Waals surface area (Å²) in [5.41, 5.74) is 2.86. The number of likely N-dealkylation sites (tertiary alicyclic amines) is 1. The Morgan fingerprint density at radius 2 is 2.16 bits per heavy atom. The predicted molar refractivity (Wildman–Crippen MR) is 122 cm³/mol. The van der Waals surface area contributed by atoms with E-state index in [1.54, 1.807) is 0 Å². The van der Waals surface area contributed by atoms with Crippen LogP contribution in [-0.4, -0.2) is 52.1 Å². The molecule has 2 aromatic heterocycles. The van der Waals surface area contributed by atoms with Crippen LogP contribution in [0.4, 0.5) is 0 Å². The number of carbonyl (C=O) groups is 1. The maximum absolute atomic E-state index is 12.2. The number of carbonyl (C=O) groups excluding carboxylic acids is 1. The Morgan fingerprint density at radius 1 is 1.29 bits per heavy atom. The van der Waals surface area contributed by atoms with Crippen molar-refractivity contribution in [3.05, 3.63) is 58.2 Å². The quantitative estimate of drug-likeness (QED) is 0.656. The molecule has 1 amide bonds. The summed E-state index contributed by atoms with van der Waals surface area (Å²) in [5, 5.41) is 6.90. The van der Waals surface area contributed by atoms with Crippen LogP contribution in [0.25, 0.3) is 10.9 Å². The Kier molecular flexibility index (Phi) is 5.73. The molecule has 4 heterocycles. The van der Waals surface area contributed by atoms with Gasteiger partial charge in [0.2, 0.25) is 0 Å². The van der Waals surface area contributed by atoms with Gasteiger partial charge >= 0.3 is 0 Å². The number of hydrogen-bond acceptors (Lipinski definition) is 6. The maximum Gasteiger partial charge on any atom is 0.270 e. The number of nitrogens with zero attached hydrogens (tertiary/aromatic N) is 3. The lowest BCUT2D eigenvalue weighted by atomic mass is 9.88. The highest BCUT2D eigenvalue weighted by atomic mass is 32.1. The summed E-state index contributed by atoms with van der Waals surface area (Å²) in [6, 6.07) is 10.7. The molecule has 2 aliphatic rings. The van der Waals surface area contributed by atoms with Crippen LogP contribution < -0.4 is 5.32 Å². The first-order valence-corrected chi connectivity index (χ1v) is 11.9. The molecule has 0 radical (unpaired) electrons. The molecular formula is C24H28N4O2S. The van der Waals surface area contributed by atoms with E-state index in [1.165, 1.54) is 22.3 Å². The van der Waals surface area contributed by atoms with E-state index < -0.39 is 0 Å². The summed E-state index contributed by atoms with van der Waals surface area (Å²) in [5.74, 6) is -0.103. The van der Waals surface area contributed by atoms with E-state index in [1.807, 2.05) is 24.6 Å². The van der Waals surface area contributed by atoms with Crippen molar-refractivity contribution in [2.75, 3.05) is 19.6 Å². The van der Waals surface area contributed by atoms with E-state index in [4.69, 9.17) is 4.74 Å². The fourth-order valence-corrected chi connectivity index (χ4v) is 5.35. The van der Waals surface area contributed by atoms with Crippen molar-refractivity contribution in [3.63, 3.8) is 0 Å². The number of thiazole rings is 1. The van der Waals surface area contributed by atoms with Gasteiger partial charge in [0, 0.05) is 43.1 Å². The first kappa shape index (κ1) is 20.5. The number of fused-ring (bicyclic) bond motifs is 1. The van der Waals surface area contributed by atoms with Crippen LogP contribution in [0.3, 0.4) is 0 Å². The molecule has 0 saturated carbocycles. The van der Waals surface area contributed by atoms with Crippen molar-refractivity contribution in [2.45, 2.75) is 50.9 Å². The second-order valence-corrected chi connectivity index (χ2v) is 9.79. The number of nitrogens with one attached hydrogen (secondary N) is 1. The number of ether oxygens (including phenoxy) is 1. The first-order valence-electron chi connectivity index (χ1n) is 11.0. The van der Waals surface area contributed by atoms with E-state index in [0.29, 0.717) is 12.2 Å². The van der Waals surface area contributed by atoms with Gasteiger partial charge in [-0.1, -0.05) is 18.2 Å². The van der Waals surface area contributed by atoms with E-state index in [2.05, 4.69) is 44.5 Å². The Balaban J connectivity index is 1.11. The van der Waals surface area contributed by atoms with Crippen LogP contribution in [0.2, 0.25) is 0 Å². The molecule has 0 aliphatic carbocycles. The zero-order valence-electron chi connectivity index (χ0n) is 17.8. The molecule has 2 fully saturated rings. The molecule has 0 unspecified atom stereocenters. The summed E-state index contributed by atoms with van der Waals surface area (Å²) in [7, 11) is 0. The smallest absolute Gasteiger partial charge is 0.270 e. The number of amides is 1. The average molecular weight is 437 g/mol. The number of aryl methyl sites for hydroxylation is 1. The maximum atomic E-state index is 12.2.